The van der Waals surface area contributed by atoms with Crippen LogP contribution < -0.4 is 10.1 Å². The standard InChI is InChI=1S/C40H32BrClFN3O4S/c1-3-5-16-31(4-2)46-39(49)32(21-27-22-33(41)37(34(42)23-27)50-24-26-17-19-30(43)20-18-26)38(48)45-40(46)51-25-35(47)44-36(28-12-8-6-9-13-28)29-14-10-7-11-15-29/h3-23,36H,1,24-25H2,2H3,(H,44,47)/b16-5-,31-4+,32-21+. The second-order valence-corrected chi connectivity index (χ2v) is 13.2. The Morgan fingerprint density at radius 2 is 1.69 bits per heavy atom. The van der Waals surface area contributed by atoms with E-state index in [0.29, 0.717) is 21.5 Å². The zero-order valence-electron chi connectivity index (χ0n) is 27.4. The van der Waals surface area contributed by atoms with E-state index in [-0.39, 0.29) is 39.8 Å². The highest BCUT2D eigenvalue weighted by Crippen LogP contribution is 2.36. The highest BCUT2D eigenvalue weighted by molar-refractivity contribution is 9.10. The van der Waals surface area contributed by atoms with Crippen molar-refractivity contribution < 1.29 is 23.5 Å². The minimum atomic E-state index is -0.766. The summed E-state index contributed by atoms with van der Waals surface area (Å²) in [5, 5.41) is 3.36. The lowest BCUT2D eigenvalue weighted by Gasteiger charge is -2.28. The van der Waals surface area contributed by atoms with Crippen LogP contribution in [0.4, 0.5) is 4.39 Å². The lowest BCUT2D eigenvalue weighted by atomic mass is 9.99. The molecule has 0 saturated heterocycles. The van der Waals surface area contributed by atoms with Crippen LogP contribution in [0.2, 0.25) is 5.02 Å². The number of aliphatic imine (C=N–C) groups is 1. The predicted octanol–water partition coefficient (Wildman–Crippen LogP) is 9.21. The molecule has 7 nitrogen and oxygen atoms in total. The van der Waals surface area contributed by atoms with Crippen molar-refractivity contribution in [3.8, 4) is 5.75 Å². The molecule has 3 amide bonds. The number of halogens is 3. The molecule has 0 aromatic heterocycles. The van der Waals surface area contributed by atoms with Gasteiger partial charge in [-0.25, -0.2) is 4.39 Å². The van der Waals surface area contributed by atoms with Gasteiger partial charge in [0.1, 0.15) is 18.0 Å². The number of hydrogen-bond donors (Lipinski definition) is 1. The van der Waals surface area contributed by atoms with Gasteiger partial charge in [-0.15, -0.1) is 0 Å². The third kappa shape index (κ3) is 9.61. The summed E-state index contributed by atoms with van der Waals surface area (Å²) < 4.78 is 19.6. The van der Waals surface area contributed by atoms with Gasteiger partial charge >= 0.3 is 0 Å². The Kier molecular flexibility index (Phi) is 13.0. The van der Waals surface area contributed by atoms with Gasteiger partial charge in [0.05, 0.1) is 21.3 Å². The number of amidine groups is 1. The second kappa shape index (κ2) is 17.8. The molecule has 0 radical (unpaired) electrons. The number of thioether (sulfide) groups is 1. The van der Waals surface area contributed by atoms with Crippen LogP contribution in [-0.4, -0.2) is 33.5 Å². The number of amides is 3. The van der Waals surface area contributed by atoms with E-state index in [1.165, 1.54) is 23.1 Å². The van der Waals surface area contributed by atoms with E-state index in [0.717, 1.165) is 28.5 Å². The summed E-state index contributed by atoms with van der Waals surface area (Å²) in [6, 6.07) is 27.9. The minimum absolute atomic E-state index is 0.0545. The van der Waals surface area contributed by atoms with Crippen LogP contribution >= 0.6 is 39.3 Å². The first-order chi connectivity index (χ1) is 24.7. The molecular weight excluding hydrogens is 753 g/mol. The monoisotopic (exact) mass is 783 g/mol. The van der Waals surface area contributed by atoms with Crippen molar-refractivity contribution >= 4 is 68.3 Å². The van der Waals surface area contributed by atoms with Gasteiger partial charge in [0.15, 0.2) is 10.9 Å². The van der Waals surface area contributed by atoms with Gasteiger partial charge in [-0.2, -0.15) is 4.99 Å². The molecule has 0 aliphatic carbocycles. The van der Waals surface area contributed by atoms with Gasteiger partial charge in [-0.1, -0.05) is 121 Å². The summed E-state index contributed by atoms with van der Waals surface area (Å²) >= 11 is 11.0. The molecule has 258 valence electrons. The Balaban J connectivity index is 1.39. The van der Waals surface area contributed by atoms with E-state index in [1.807, 2.05) is 60.7 Å². The van der Waals surface area contributed by atoms with Gasteiger partial charge in [0.25, 0.3) is 11.8 Å². The molecule has 5 rings (SSSR count). The molecule has 4 aromatic carbocycles. The fourth-order valence-corrected chi connectivity index (χ4v) is 6.89. The number of nitrogens with one attached hydrogen (secondary N) is 1. The molecule has 1 aliphatic rings. The van der Waals surface area contributed by atoms with E-state index in [2.05, 4.69) is 32.8 Å². The van der Waals surface area contributed by atoms with Crippen molar-refractivity contribution in [2.75, 3.05) is 5.75 Å². The van der Waals surface area contributed by atoms with Crippen molar-refractivity contribution in [2.24, 2.45) is 4.99 Å². The predicted molar refractivity (Wildman–Crippen MR) is 206 cm³/mol. The highest BCUT2D eigenvalue weighted by atomic mass is 79.9. The maximum absolute atomic E-state index is 14.1. The smallest absolute Gasteiger partial charge is 0.285 e. The van der Waals surface area contributed by atoms with Gasteiger partial charge in [-0.05, 0) is 81.5 Å². The number of hydrogen-bond acceptors (Lipinski definition) is 5. The van der Waals surface area contributed by atoms with E-state index in [4.69, 9.17) is 16.3 Å². The molecule has 1 aliphatic heterocycles. The lowest BCUT2D eigenvalue weighted by molar-refractivity contribution is -0.126. The van der Waals surface area contributed by atoms with Gasteiger partial charge < -0.3 is 10.1 Å². The zero-order valence-corrected chi connectivity index (χ0v) is 30.6. The van der Waals surface area contributed by atoms with Crippen molar-refractivity contribution in [1.82, 2.24) is 10.2 Å². The molecule has 0 saturated carbocycles. The molecule has 0 spiro atoms. The van der Waals surface area contributed by atoms with Crippen molar-refractivity contribution in [3.05, 3.63) is 177 Å². The van der Waals surface area contributed by atoms with Crippen LogP contribution in [0.15, 0.2) is 149 Å². The van der Waals surface area contributed by atoms with E-state index in [9.17, 15) is 18.8 Å². The van der Waals surface area contributed by atoms with Crippen LogP contribution in [0.25, 0.3) is 6.08 Å². The minimum Gasteiger partial charge on any atom is -0.486 e. The molecule has 1 N–H and O–H groups in total. The van der Waals surface area contributed by atoms with Gasteiger partial charge in [0.2, 0.25) is 5.91 Å². The van der Waals surface area contributed by atoms with Crippen molar-refractivity contribution in [3.63, 3.8) is 0 Å². The van der Waals surface area contributed by atoms with E-state index >= 15 is 0 Å². The summed E-state index contributed by atoms with van der Waals surface area (Å²) in [6.07, 6.45) is 7.98. The molecular formula is C40H32BrClFN3O4S. The van der Waals surface area contributed by atoms with Gasteiger partial charge in [-0.3, -0.25) is 19.3 Å². The summed E-state index contributed by atoms with van der Waals surface area (Å²) in [5.41, 5.74) is 3.23. The molecule has 0 unspecified atom stereocenters. The number of allylic oxidation sites excluding steroid dienone is 4. The normalized spacial score (nSPS) is 14.3. The van der Waals surface area contributed by atoms with Crippen LogP contribution in [0.3, 0.4) is 0 Å². The van der Waals surface area contributed by atoms with E-state index in [1.54, 1.807) is 55.5 Å². The third-order valence-electron chi connectivity index (χ3n) is 7.54. The van der Waals surface area contributed by atoms with E-state index < -0.39 is 17.9 Å². The Morgan fingerprint density at radius 1 is 1.04 bits per heavy atom. The molecule has 0 fully saturated rings. The highest BCUT2D eigenvalue weighted by Gasteiger charge is 2.35. The van der Waals surface area contributed by atoms with Gasteiger partial charge in [0, 0.05) is 5.70 Å². The quantitative estimate of drug-likeness (QED) is 0.0880. The average molecular weight is 785 g/mol. The topological polar surface area (TPSA) is 88.1 Å². The SMILES string of the molecule is C=C/C=C\C(=C/C)N1C(=O)/C(=C/c2cc(Cl)c(OCc3ccc(F)cc3)c(Br)c2)C(=O)N=C1SCC(=O)NC(c1ccccc1)c1ccccc1. The fraction of sp³-hybridized carbons (Fsp3) is 0.100. The average Bonchev–Trinajstić information content (AvgIpc) is 3.13. The maximum atomic E-state index is 14.1. The Morgan fingerprint density at radius 3 is 2.27 bits per heavy atom. The summed E-state index contributed by atoms with van der Waals surface area (Å²) in [6.45, 7) is 5.60. The Labute approximate surface area is 313 Å². The van der Waals surface area contributed by atoms with Crippen molar-refractivity contribution in [2.45, 2.75) is 19.6 Å². The molecule has 4 aromatic rings. The number of carbonyl (C=O) groups is 3. The molecule has 0 atom stereocenters. The van der Waals surface area contributed by atoms with Crippen LogP contribution in [0.5, 0.6) is 5.75 Å². The van der Waals surface area contributed by atoms with Crippen molar-refractivity contribution in [1.29, 1.82) is 0 Å². The Bertz CT molecular complexity index is 1990. The number of benzene rings is 4. The second-order valence-electron chi connectivity index (χ2n) is 11.0. The lowest BCUT2D eigenvalue weighted by Crippen LogP contribution is -2.42. The third-order valence-corrected chi connectivity index (χ3v) is 9.35. The first-order valence-electron chi connectivity index (χ1n) is 15.7. The first kappa shape index (κ1) is 37.2. The number of ether oxygens (including phenoxy) is 1. The van der Waals surface area contributed by atoms with Crippen LogP contribution in [0.1, 0.15) is 35.2 Å². The summed E-state index contributed by atoms with van der Waals surface area (Å²) in [7, 11) is 0. The molecule has 11 heteroatoms. The Hall–Kier alpha value is -5.03. The summed E-state index contributed by atoms with van der Waals surface area (Å²) in [4.78, 5) is 46.5. The maximum Gasteiger partial charge on any atom is 0.285 e. The van der Waals surface area contributed by atoms with Crippen LogP contribution in [0, 0.1) is 5.82 Å². The zero-order chi connectivity index (χ0) is 36.3. The number of carbonyl (C=O) groups excluding carboxylic acids is 3. The molecule has 51 heavy (non-hydrogen) atoms. The molecule has 1 heterocycles. The number of rotatable bonds is 12. The largest absolute Gasteiger partial charge is 0.486 e. The number of nitrogens with zero attached hydrogens (tertiary/aromatic N) is 2. The molecule has 0 bridgehead atoms. The fourth-order valence-electron chi connectivity index (χ4n) is 5.10. The first-order valence-corrected chi connectivity index (χ1v) is 17.9. The summed E-state index contributed by atoms with van der Waals surface area (Å²) in [5.74, 6) is -1.84. The van der Waals surface area contributed by atoms with Crippen LogP contribution in [-0.2, 0) is 21.0 Å².